The minimum Gasteiger partial charge on any atom is -0.352 e. The summed E-state index contributed by atoms with van der Waals surface area (Å²) >= 11 is 0. The number of benzene rings is 1. The lowest BCUT2D eigenvalue weighted by molar-refractivity contribution is -0.201. The van der Waals surface area contributed by atoms with Crippen LogP contribution in [0.15, 0.2) is 12.1 Å². The molecule has 1 aliphatic carbocycles. The van der Waals surface area contributed by atoms with Crippen LogP contribution in [0, 0.1) is 29.3 Å². The van der Waals surface area contributed by atoms with E-state index in [2.05, 4.69) is 6.92 Å². The molecule has 1 saturated carbocycles. The number of hydrogen-bond acceptors (Lipinski definition) is 2. The SMILES string of the molecule is CC1COC(CCC2CCC(c3cc(F)c(F)c(F)c3)CC2)OC1. The molecule has 0 atom stereocenters. The Labute approximate surface area is 141 Å². The van der Waals surface area contributed by atoms with Crippen LogP contribution < -0.4 is 0 Å². The van der Waals surface area contributed by atoms with E-state index in [1.807, 2.05) is 0 Å². The van der Waals surface area contributed by atoms with Crippen LogP contribution in [-0.2, 0) is 9.47 Å². The third-order valence-electron chi connectivity index (χ3n) is 5.27. The Balaban J connectivity index is 1.46. The number of halogens is 3. The average Bonchev–Trinajstić information content (AvgIpc) is 2.59. The molecule has 24 heavy (non-hydrogen) atoms. The van der Waals surface area contributed by atoms with Crippen molar-refractivity contribution in [1.29, 1.82) is 0 Å². The third-order valence-corrected chi connectivity index (χ3v) is 5.27. The molecule has 134 valence electrons. The average molecular weight is 342 g/mol. The number of rotatable bonds is 4. The lowest BCUT2D eigenvalue weighted by Gasteiger charge is -2.31. The van der Waals surface area contributed by atoms with Crippen LogP contribution in [0.4, 0.5) is 13.2 Å². The molecule has 1 saturated heterocycles. The summed E-state index contributed by atoms with van der Waals surface area (Å²) < 4.78 is 51.2. The molecule has 2 nitrogen and oxygen atoms in total. The first-order valence-corrected chi connectivity index (χ1v) is 8.90. The highest BCUT2D eigenvalue weighted by atomic mass is 19.2. The van der Waals surface area contributed by atoms with Crippen molar-refractivity contribution in [2.24, 2.45) is 11.8 Å². The van der Waals surface area contributed by atoms with Crippen molar-refractivity contribution in [3.63, 3.8) is 0 Å². The molecule has 1 aliphatic heterocycles. The Morgan fingerprint density at radius 2 is 1.50 bits per heavy atom. The van der Waals surface area contributed by atoms with Crippen molar-refractivity contribution in [3.8, 4) is 0 Å². The second-order valence-corrected chi connectivity index (χ2v) is 7.29. The lowest BCUT2D eigenvalue weighted by Crippen LogP contribution is -2.31. The predicted octanol–water partition coefficient (Wildman–Crippen LogP) is 5.17. The standard InChI is InChI=1S/C19H25F3O2/c1-12-10-23-18(24-11-12)7-4-13-2-5-14(6-3-13)15-8-16(20)19(22)17(21)9-15/h8-9,12-14,18H,2-7,10-11H2,1H3. The van der Waals surface area contributed by atoms with Gasteiger partial charge in [0.05, 0.1) is 13.2 Å². The summed E-state index contributed by atoms with van der Waals surface area (Å²) in [4.78, 5) is 0. The maximum Gasteiger partial charge on any atom is 0.194 e. The van der Waals surface area contributed by atoms with Crippen molar-refractivity contribution in [3.05, 3.63) is 35.1 Å². The normalized spacial score (nSPS) is 31.2. The van der Waals surface area contributed by atoms with E-state index in [-0.39, 0.29) is 12.2 Å². The van der Waals surface area contributed by atoms with E-state index in [0.29, 0.717) is 17.4 Å². The quantitative estimate of drug-likeness (QED) is 0.703. The van der Waals surface area contributed by atoms with Crippen molar-refractivity contribution >= 4 is 0 Å². The molecule has 0 amide bonds. The van der Waals surface area contributed by atoms with Gasteiger partial charge in [-0.05, 0) is 68.1 Å². The van der Waals surface area contributed by atoms with Crippen LogP contribution in [0.1, 0.15) is 56.9 Å². The van der Waals surface area contributed by atoms with Gasteiger partial charge in [0.15, 0.2) is 23.7 Å². The summed E-state index contributed by atoms with van der Waals surface area (Å²) in [6.07, 6.45) is 5.69. The number of ether oxygens (including phenoxy) is 2. The molecule has 1 heterocycles. The lowest BCUT2D eigenvalue weighted by atomic mass is 9.77. The van der Waals surface area contributed by atoms with E-state index in [4.69, 9.17) is 9.47 Å². The van der Waals surface area contributed by atoms with Gasteiger partial charge in [-0.15, -0.1) is 0 Å². The molecule has 2 fully saturated rings. The van der Waals surface area contributed by atoms with Crippen molar-refractivity contribution in [1.82, 2.24) is 0 Å². The molecule has 5 heteroatoms. The Bertz CT molecular complexity index is 525. The second kappa shape index (κ2) is 7.87. The number of hydrogen-bond donors (Lipinski definition) is 0. The van der Waals surface area contributed by atoms with Gasteiger partial charge in [-0.3, -0.25) is 0 Å². The maximum absolute atomic E-state index is 13.4. The van der Waals surface area contributed by atoms with Crippen LogP contribution in [0.5, 0.6) is 0 Å². The van der Waals surface area contributed by atoms with Gasteiger partial charge in [-0.25, -0.2) is 13.2 Å². The Morgan fingerprint density at radius 3 is 2.08 bits per heavy atom. The van der Waals surface area contributed by atoms with Crippen LogP contribution in [-0.4, -0.2) is 19.5 Å². The van der Waals surface area contributed by atoms with Crippen LogP contribution in [0.25, 0.3) is 0 Å². The molecule has 0 N–H and O–H groups in total. The molecular weight excluding hydrogens is 317 g/mol. The summed E-state index contributed by atoms with van der Waals surface area (Å²) in [5, 5.41) is 0. The third kappa shape index (κ3) is 4.31. The second-order valence-electron chi connectivity index (χ2n) is 7.29. The Kier molecular flexibility index (Phi) is 5.82. The first-order valence-electron chi connectivity index (χ1n) is 8.90. The van der Waals surface area contributed by atoms with E-state index >= 15 is 0 Å². The fraction of sp³-hybridized carbons (Fsp3) is 0.684. The molecule has 0 bridgehead atoms. The monoisotopic (exact) mass is 342 g/mol. The largest absolute Gasteiger partial charge is 0.352 e. The molecule has 3 rings (SSSR count). The maximum atomic E-state index is 13.4. The van der Waals surface area contributed by atoms with Crippen molar-refractivity contribution in [2.75, 3.05) is 13.2 Å². The summed E-state index contributed by atoms with van der Waals surface area (Å²) in [5.41, 5.74) is 0.581. The summed E-state index contributed by atoms with van der Waals surface area (Å²) in [7, 11) is 0. The van der Waals surface area contributed by atoms with E-state index < -0.39 is 17.5 Å². The van der Waals surface area contributed by atoms with E-state index in [1.165, 1.54) is 0 Å². The van der Waals surface area contributed by atoms with Gasteiger partial charge in [0.2, 0.25) is 0 Å². The van der Waals surface area contributed by atoms with Gasteiger partial charge in [-0.2, -0.15) is 0 Å². The summed E-state index contributed by atoms with van der Waals surface area (Å²) in [6, 6.07) is 2.29. The molecule has 0 unspecified atom stereocenters. The van der Waals surface area contributed by atoms with Gasteiger partial charge in [0, 0.05) is 5.92 Å². The van der Waals surface area contributed by atoms with Crippen LogP contribution >= 0.6 is 0 Å². The first-order chi connectivity index (χ1) is 11.5. The van der Waals surface area contributed by atoms with Crippen LogP contribution in [0.2, 0.25) is 0 Å². The fourth-order valence-corrected chi connectivity index (χ4v) is 3.77. The molecule has 0 spiro atoms. The molecular formula is C19H25F3O2. The highest BCUT2D eigenvalue weighted by molar-refractivity contribution is 5.23. The molecule has 1 aromatic rings. The zero-order valence-corrected chi connectivity index (χ0v) is 14.1. The van der Waals surface area contributed by atoms with Crippen molar-refractivity contribution < 1.29 is 22.6 Å². The van der Waals surface area contributed by atoms with E-state index in [9.17, 15) is 13.2 Å². The Morgan fingerprint density at radius 1 is 0.917 bits per heavy atom. The molecule has 0 radical (unpaired) electrons. The zero-order chi connectivity index (χ0) is 17.1. The fourth-order valence-electron chi connectivity index (χ4n) is 3.77. The van der Waals surface area contributed by atoms with Gasteiger partial charge < -0.3 is 9.47 Å². The topological polar surface area (TPSA) is 18.5 Å². The predicted molar refractivity (Wildman–Crippen MR) is 85.1 cm³/mol. The first kappa shape index (κ1) is 17.7. The molecule has 0 aromatic heterocycles. The summed E-state index contributed by atoms with van der Waals surface area (Å²) in [5.74, 6) is -2.37. The van der Waals surface area contributed by atoms with Gasteiger partial charge in [0.1, 0.15) is 0 Å². The van der Waals surface area contributed by atoms with Crippen LogP contribution in [0.3, 0.4) is 0 Å². The highest BCUT2D eigenvalue weighted by Crippen LogP contribution is 2.38. The minimum absolute atomic E-state index is 0.0841. The van der Waals surface area contributed by atoms with E-state index in [1.54, 1.807) is 0 Å². The zero-order valence-electron chi connectivity index (χ0n) is 14.1. The van der Waals surface area contributed by atoms with Crippen molar-refractivity contribution in [2.45, 2.75) is 57.7 Å². The van der Waals surface area contributed by atoms with Gasteiger partial charge in [0.25, 0.3) is 0 Å². The van der Waals surface area contributed by atoms with Gasteiger partial charge in [-0.1, -0.05) is 6.92 Å². The van der Waals surface area contributed by atoms with Gasteiger partial charge >= 0.3 is 0 Å². The highest BCUT2D eigenvalue weighted by Gasteiger charge is 2.26. The minimum atomic E-state index is -1.38. The summed E-state index contributed by atoms with van der Waals surface area (Å²) in [6.45, 7) is 3.64. The molecule has 1 aromatic carbocycles. The smallest absolute Gasteiger partial charge is 0.194 e. The van der Waals surface area contributed by atoms with E-state index in [0.717, 1.165) is 63.9 Å². The Hall–Kier alpha value is -1.07. The molecule has 2 aliphatic rings.